The molecule has 87 heavy (non-hydrogen) atoms. The zero-order valence-electron chi connectivity index (χ0n) is 56.6. The second-order valence-corrected chi connectivity index (χ2v) is 24.4. The van der Waals surface area contributed by atoms with Crippen molar-refractivity contribution in [2.24, 2.45) is 0 Å². The Labute approximate surface area is 535 Å². The molecule has 0 aromatic heterocycles. The Morgan fingerprint density at radius 2 is 0.621 bits per heavy atom. The molecule has 0 amide bonds. The summed E-state index contributed by atoms with van der Waals surface area (Å²) >= 11 is 0. The largest absolute Gasteiger partial charge is 0.545 e. The zero-order chi connectivity index (χ0) is 63.3. The van der Waals surface area contributed by atoms with Crippen molar-refractivity contribution in [2.45, 2.75) is 296 Å². The van der Waals surface area contributed by atoms with Crippen molar-refractivity contribution >= 4 is 17.9 Å². The van der Waals surface area contributed by atoms with Gasteiger partial charge in [0.2, 0.25) is 0 Å². The Kier molecular flexibility index (Phi) is 63.8. The summed E-state index contributed by atoms with van der Waals surface area (Å²) in [5.74, 6) is -2.29. The van der Waals surface area contributed by atoms with E-state index in [1.54, 1.807) is 0 Å². The van der Waals surface area contributed by atoms with Gasteiger partial charge in [0, 0.05) is 12.8 Å². The lowest BCUT2D eigenvalue weighted by molar-refractivity contribution is -0.870. The lowest BCUT2D eigenvalue weighted by Crippen LogP contribution is -2.44. The van der Waals surface area contributed by atoms with E-state index < -0.39 is 24.3 Å². The Morgan fingerprint density at radius 1 is 0.345 bits per heavy atom. The summed E-state index contributed by atoms with van der Waals surface area (Å²) in [7, 11) is 5.93. The first kappa shape index (κ1) is 82.4. The molecule has 9 heteroatoms. The van der Waals surface area contributed by atoms with Crippen molar-refractivity contribution in [1.82, 2.24) is 0 Å². The number of nitrogens with zero attached hydrogens (tertiary/aromatic N) is 1. The van der Waals surface area contributed by atoms with E-state index >= 15 is 0 Å². The van der Waals surface area contributed by atoms with E-state index in [2.05, 4.69) is 148 Å². The number of carbonyl (C=O) groups excluding carboxylic acids is 3. The molecule has 0 spiro atoms. The Morgan fingerprint density at radius 3 is 0.920 bits per heavy atom. The predicted molar refractivity (Wildman–Crippen MR) is 370 cm³/mol. The SMILES string of the molecule is CC/C=C\C/C=C\C/C=C\C/C=C\C/C=C\C/C=C\C/C=C\CCCCCCCCCCCC(=O)OC(COC(=O)CCCCCCCCCCCCCCCCCCCC/C=C\C/C=C\C/C=C\C/C=C\CC)COC(OCC[N+](C)(C)C)C(=O)[O-]. The van der Waals surface area contributed by atoms with Crippen molar-refractivity contribution in [3.63, 3.8) is 0 Å². The third kappa shape index (κ3) is 68.8. The number of carboxylic acids is 1. The molecule has 0 saturated carbocycles. The van der Waals surface area contributed by atoms with E-state index in [9.17, 15) is 19.5 Å². The van der Waals surface area contributed by atoms with Crippen LogP contribution in [0.5, 0.6) is 0 Å². The smallest absolute Gasteiger partial charge is 0.306 e. The fourth-order valence-electron chi connectivity index (χ4n) is 9.57. The number of aliphatic carboxylic acids is 1. The van der Waals surface area contributed by atoms with E-state index in [0.717, 1.165) is 116 Å². The van der Waals surface area contributed by atoms with Gasteiger partial charge in [-0.3, -0.25) is 9.59 Å². The number of hydrogen-bond acceptors (Lipinski definition) is 8. The number of quaternary nitrogens is 1. The summed E-state index contributed by atoms with van der Waals surface area (Å²) in [5.41, 5.74) is 0. The second-order valence-electron chi connectivity index (χ2n) is 24.4. The van der Waals surface area contributed by atoms with Crippen molar-refractivity contribution in [3.05, 3.63) is 134 Å². The van der Waals surface area contributed by atoms with Gasteiger partial charge in [0.1, 0.15) is 13.2 Å². The molecular formula is C78H131NO8. The highest BCUT2D eigenvalue weighted by molar-refractivity contribution is 5.70. The van der Waals surface area contributed by atoms with Gasteiger partial charge in [-0.15, -0.1) is 0 Å². The second kappa shape index (κ2) is 67.4. The zero-order valence-corrected chi connectivity index (χ0v) is 56.6. The summed E-state index contributed by atoms with van der Waals surface area (Å²) in [5, 5.41) is 11.8. The molecule has 0 heterocycles. The summed E-state index contributed by atoms with van der Waals surface area (Å²) in [6, 6.07) is 0. The summed E-state index contributed by atoms with van der Waals surface area (Å²) in [6.45, 7) is 4.53. The Balaban J connectivity index is 4.14. The van der Waals surface area contributed by atoms with E-state index in [4.69, 9.17) is 18.9 Å². The molecule has 9 nitrogen and oxygen atoms in total. The number of carbonyl (C=O) groups is 3. The first-order chi connectivity index (χ1) is 42.6. The highest BCUT2D eigenvalue weighted by Gasteiger charge is 2.22. The summed E-state index contributed by atoms with van der Waals surface area (Å²) in [6.07, 6.45) is 93.8. The summed E-state index contributed by atoms with van der Waals surface area (Å²) in [4.78, 5) is 37.5. The van der Waals surface area contributed by atoms with Crippen LogP contribution in [-0.2, 0) is 33.3 Å². The van der Waals surface area contributed by atoms with Crippen molar-refractivity contribution < 1.29 is 42.9 Å². The minimum atomic E-state index is -1.63. The minimum absolute atomic E-state index is 0.141. The number of allylic oxidation sites excluding steroid dienone is 22. The quantitative estimate of drug-likeness (QED) is 0.0195. The van der Waals surface area contributed by atoms with E-state index in [-0.39, 0.29) is 38.6 Å². The molecule has 0 rings (SSSR count). The average molecular weight is 1210 g/mol. The van der Waals surface area contributed by atoms with Crippen LogP contribution in [0.3, 0.4) is 0 Å². The molecular weight excluding hydrogens is 1080 g/mol. The lowest BCUT2D eigenvalue weighted by Gasteiger charge is -2.26. The lowest BCUT2D eigenvalue weighted by atomic mass is 10.0. The number of rotatable bonds is 64. The number of carboxylic acid groups (broad SMARTS) is 1. The Hall–Kier alpha value is -4.57. The van der Waals surface area contributed by atoms with Crippen LogP contribution in [0, 0.1) is 0 Å². The minimum Gasteiger partial charge on any atom is -0.545 e. The maximum atomic E-state index is 12.9. The molecule has 0 aromatic carbocycles. The number of esters is 2. The highest BCUT2D eigenvalue weighted by atomic mass is 16.7. The fourth-order valence-corrected chi connectivity index (χ4v) is 9.57. The van der Waals surface area contributed by atoms with Crippen LogP contribution in [0.4, 0.5) is 0 Å². The predicted octanol–water partition coefficient (Wildman–Crippen LogP) is 20.8. The molecule has 0 aliphatic rings. The van der Waals surface area contributed by atoms with Crippen molar-refractivity contribution in [2.75, 3.05) is 47.5 Å². The van der Waals surface area contributed by atoms with Gasteiger partial charge in [-0.1, -0.05) is 295 Å². The fraction of sp³-hybridized carbons (Fsp3) is 0.679. The molecule has 2 unspecified atom stereocenters. The van der Waals surface area contributed by atoms with Gasteiger partial charge in [-0.2, -0.15) is 0 Å². The van der Waals surface area contributed by atoms with Crippen LogP contribution in [0.1, 0.15) is 284 Å². The van der Waals surface area contributed by atoms with E-state index in [0.29, 0.717) is 17.4 Å². The maximum absolute atomic E-state index is 12.9. The number of likely N-dealkylation sites (N-methyl/N-ethyl adjacent to an activating group) is 1. The molecule has 0 aliphatic carbocycles. The Bertz CT molecular complexity index is 1890. The van der Waals surface area contributed by atoms with Gasteiger partial charge in [-0.25, -0.2) is 0 Å². The molecule has 0 saturated heterocycles. The highest BCUT2D eigenvalue weighted by Crippen LogP contribution is 2.17. The number of unbranched alkanes of at least 4 members (excludes halogenated alkanes) is 27. The van der Waals surface area contributed by atoms with Gasteiger partial charge < -0.3 is 33.3 Å². The summed E-state index contributed by atoms with van der Waals surface area (Å²) < 4.78 is 22.8. The molecule has 0 fully saturated rings. The molecule has 0 radical (unpaired) electrons. The molecule has 0 aliphatic heterocycles. The molecule has 0 N–H and O–H groups in total. The van der Waals surface area contributed by atoms with Gasteiger partial charge in [-0.05, 0) is 109 Å². The van der Waals surface area contributed by atoms with Gasteiger partial charge in [0.25, 0.3) is 0 Å². The first-order valence-electron chi connectivity index (χ1n) is 35.3. The van der Waals surface area contributed by atoms with Crippen LogP contribution in [0.25, 0.3) is 0 Å². The van der Waals surface area contributed by atoms with Gasteiger partial charge >= 0.3 is 11.9 Å². The third-order valence-electron chi connectivity index (χ3n) is 14.9. The van der Waals surface area contributed by atoms with Crippen LogP contribution in [0.15, 0.2) is 134 Å². The monoisotopic (exact) mass is 1210 g/mol. The van der Waals surface area contributed by atoms with Gasteiger partial charge in [0.15, 0.2) is 12.4 Å². The number of ether oxygens (including phenoxy) is 4. The van der Waals surface area contributed by atoms with Crippen molar-refractivity contribution in [1.29, 1.82) is 0 Å². The van der Waals surface area contributed by atoms with Gasteiger partial charge in [0.05, 0.1) is 40.3 Å². The molecule has 0 aromatic rings. The van der Waals surface area contributed by atoms with E-state index in [1.165, 1.54) is 135 Å². The third-order valence-corrected chi connectivity index (χ3v) is 14.9. The van der Waals surface area contributed by atoms with Crippen LogP contribution in [0.2, 0.25) is 0 Å². The van der Waals surface area contributed by atoms with Crippen molar-refractivity contribution in [3.8, 4) is 0 Å². The number of hydrogen-bond donors (Lipinski definition) is 0. The average Bonchev–Trinajstić information content (AvgIpc) is 3.56. The topological polar surface area (TPSA) is 111 Å². The molecule has 496 valence electrons. The molecule has 2 atom stereocenters. The first-order valence-corrected chi connectivity index (χ1v) is 35.3. The van der Waals surface area contributed by atoms with Crippen LogP contribution in [-0.4, -0.2) is 82.3 Å². The van der Waals surface area contributed by atoms with E-state index in [1.807, 2.05) is 21.1 Å². The normalized spacial score (nSPS) is 13.5. The maximum Gasteiger partial charge on any atom is 0.306 e. The van der Waals surface area contributed by atoms with Crippen LogP contribution < -0.4 is 5.11 Å². The standard InChI is InChI=1S/C78H131NO8/c1-6-8-10-12-14-16-18-20-22-24-26-28-30-32-34-36-38-40-42-44-46-48-50-52-54-56-58-60-62-64-66-68-75(80)85-72-74(73-86-78(77(82)83)84-71-70-79(3,4)5)87-76(81)69-67-65-63-61-59-57-55-53-51-49-47-45-43-41-39-37-35-33-31-29-27-25-23-21-19-17-15-13-11-9-7-2/h8-11,14-17,20-23,26-29,33,35,39,41,45,47,74,78H,6-7,12-13,18-19,24-25,30-32,34,36-38,40,42-44,46,48-73H2,1-5H3/b10-8-,11-9-,16-14-,17-15-,22-20-,23-21-,28-26-,29-27-,35-33-,41-39-,47-45-. The molecule has 0 bridgehead atoms. The van der Waals surface area contributed by atoms with Crippen LogP contribution >= 0.6 is 0 Å².